The molecular formula is C18H29O. The van der Waals surface area contributed by atoms with E-state index in [1.54, 1.807) is 0 Å². The van der Waals surface area contributed by atoms with E-state index in [2.05, 4.69) is 44.2 Å². The first kappa shape index (κ1) is 16.2. The summed E-state index contributed by atoms with van der Waals surface area (Å²) in [5.41, 5.74) is 1.27. The summed E-state index contributed by atoms with van der Waals surface area (Å²) in [5, 5.41) is 0. The van der Waals surface area contributed by atoms with Crippen LogP contribution in [0.1, 0.15) is 70.8 Å². The van der Waals surface area contributed by atoms with E-state index in [0.29, 0.717) is 0 Å². The highest BCUT2D eigenvalue weighted by molar-refractivity contribution is 5.13. The number of hydrogen-bond acceptors (Lipinski definition) is 1. The van der Waals surface area contributed by atoms with E-state index >= 15 is 0 Å². The van der Waals surface area contributed by atoms with Crippen LogP contribution in [-0.2, 0) is 11.3 Å². The lowest BCUT2D eigenvalue weighted by molar-refractivity contribution is 0.110. The van der Waals surface area contributed by atoms with Gasteiger partial charge in [-0.3, -0.25) is 0 Å². The molecule has 0 saturated carbocycles. The Labute approximate surface area is 119 Å². The molecule has 0 fully saturated rings. The van der Waals surface area contributed by atoms with Gasteiger partial charge >= 0.3 is 0 Å². The summed E-state index contributed by atoms with van der Waals surface area (Å²) in [6.07, 6.45) is 11.3. The number of benzene rings is 1. The van der Waals surface area contributed by atoms with Gasteiger partial charge in [-0.2, -0.15) is 0 Å². The summed E-state index contributed by atoms with van der Waals surface area (Å²) in [6, 6.07) is 10.5. The molecule has 0 N–H and O–H groups in total. The Balaban J connectivity index is 2.27. The number of ether oxygens (including phenoxy) is 1. The third-order valence-electron chi connectivity index (χ3n) is 3.40. The lowest BCUT2D eigenvalue weighted by atomic mass is 10.0. The second kappa shape index (κ2) is 11.0. The lowest BCUT2D eigenvalue weighted by Gasteiger charge is -2.16. The molecule has 1 radical (unpaired) electrons. The fourth-order valence-corrected chi connectivity index (χ4v) is 2.15. The van der Waals surface area contributed by atoms with Crippen LogP contribution in [-0.4, -0.2) is 0 Å². The summed E-state index contributed by atoms with van der Waals surface area (Å²) in [5.74, 6) is 0. The topological polar surface area (TPSA) is 9.23 Å². The van der Waals surface area contributed by atoms with Crippen LogP contribution < -0.4 is 0 Å². The molecular weight excluding hydrogens is 232 g/mol. The van der Waals surface area contributed by atoms with Gasteiger partial charge in [-0.05, 0) is 18.4 Å². The van der Waals surface area contributed by atoms with Gasteiger partial charge in [-0.15, -0.1) is 0 Å². The molecule has 0 aliphatic rings. The molecule has 0 bridgehead atoms. The highest BCUT2D eigenvalue weighted by Crippen LogP contribution is 2.22. The fourth-order valence-electron chi connectivity index (χ4n) is 2.15. The quantitative estimate of drug-likeness (QED) is 0.451. The molecule has 1 nitrogen and oxygen atoms in total. The third-order valence-corrected chi connectivity index (χ3v) is 3.40. The minimum absolute atomic E-state index is 0.730. The normalized spacial score (nSPS) is 11.1. The van der Waals surface area contributed by atoms with Crippen molar-refractivity contribution in [2.45, 2.75) is 71.8 Å². The van der Waals surface area contributed by atoms with Gasteiger partial charge in [0, 0.05) is 0 Å². The zero-order valence-corrected chi connectivity index (χ0v) is 12.7. The number of rotatable bonds is 11. The summed E-state index contributed by atoms with van der Waals surface area (Å²) in [6.45, 7) is 5.23. The largest absolute Gasteiger partial charge is 0.367 e. The third kappa shape index (κ3) is 8.05. The zero-order chi connectivity index (χ0) is 13.8. The Morgan fingerprint density at radius 3 is 2.21 bits per heavy atom. The van der Waals surface area contributed by atoms with E-state index in [4.69, 9.17) is 4.74 Å². The molecule has 0 saturated heterocycles. The van der Waals surface area contributed by atoms with Crippen molar-refractivity contribution in [3.8, 4) is 0 Å². The van der Waals surface area contributed by atoms with Crippen LogP contribution in [0.2, 0.25) is 0 Å². The molecule has 0 heterocycles. The molecule has 0 atom stereocenters. The van der Waals surface area contributed by atoms with Gasteiger partial charge in [0.25, 0.3) is 0 Å². The number of unbranched alkanes of at least 4 members (excludes halogenated alkanes) is 4. The summed E-state index contributed by atoms with van der Waals surface area (Å²) >= 11 is 0. The van der Waals surface area contributed by atoms with E-state index in [0.717, 1.165) is 19.4 Å². The Hall–Kier alpha value is -0.820. The Morgan fingerprint density at radius 1 is 0.842 bits per heavy atom. The molecule has 107 valence electrons. The SMILES string of the molecule is CCCCCC[C](CCCC)OCc1ccccc1. The Bertz CT molecular complexity index is 294. The molecule has 0 aromatic heterocycles. The van der Waals surface area contributed by atoms with Gasteiger partial charge in [0.2, 0.25) is 0 Å². The smallest absolute Gasteiger partial charge is 0.0975 e. The maximum Gasteiger partial charge on any atom is 0.0975 e. The molecule has 0 spiro atoms. The minimum atomic E-state index is 0.730. The molecule has 0 aliphatic heterocycles. The van der Waals surface area contributed by atoms with Crippen LogP contribution in [0.15, 0.2) is 30.3 Å². The Kier molecular flexibility index (Phi) is 9.44. The molecule has 1 heteroatoms. The first-order valence-electron chi connectivity index (χ1n) is 7.88. The second-order valence-corrected chi connectivity index (χ2v) is 5.23. The van der Waals surface area contributed by atoms with Gasteiger partial charge in [-0.25, -0.2) is 0 Å². The van der Waals surface area contributed by atoms with E-state index in [1.165, 1.54) is 50.2 Å². The van der Waals surface area contributed by atoms with E-state index < -0.39 is 0 Å². The zero-order valence-electron chi connectivity index (χ0n) is 12.7. The summed E-state index contributed by atoms with van der Waals surface area (Å²) in [7, 11) is 0. The van der Waals surface area contributed by atoms with Crippen molar-refractivity contribution >= 4 is 0 Å². The molecule has 19 heavy (non-hydrogen) atoms. The Morgan fingerprint density at radius 2 is 1.53 bits per heavy atom. The van der Waals surface area contributed by atoms with Crippen molar-refractivity contribution in [3.05, 3.63) is 42.0 Å². The minimum Gasteiger partial charge on any atom is -0.367 e. The van der Waals surface area contributed by atoms with Crippen molar-refractivity contribution in [3.63, 3.8) is 0 Å². The maximum absolute atomic E-state index is 6.03. The summed E-state index contributed by atoms with van der Waals surface area (Å²) in [4.78, 5) is 0. The van der Waals surface area contributed by atoms with Gasteiger partial charge in [0.05, 0.1) is 12.7 Å². The second-order valence-electron chi connectivity index (χ2n) is 5.23. The number of hydrogen-bond donors (Lipinski definition) is 0. The van der Waals surface area contributed by atoms with Crippen molar-refractivity contribution in [1.29, 1.82) is 0 Å². The molecule has 1 aromatic carbocycles. The lowest BCUT2D eigenvalue weighted by Crippen LogP contribution is -2.04. The van der Waals surface area contributed by atoms with Crippen molar-refractivity contribution in [2.24, 2.45) is 0 Å². The van der Waals surface area contributed by atoms with Crippen LogP contribution >= 0.6 is 0 Å². The van der Waals surface area contributed by atoms with Gasteiger partial charge < -0.3 is 4.74 Å². The molecule has 0 unspecified atom stereocenters. The highest BCUT2D eigenvalue weighted by atomic mass is 16.5. The fraction of sp³-hybridized carbons (Fsp3) is 0.611. The van der Waals surface area contributed by atoms with Crippen molar-refractivity contribution in [2.75, 3.05) is 0 Å². The first-order chi connectivity index (χ1) is 9.36. The van der Waals surface area contributed by atoms with Crippen LogP contribution in [0.4, 0.5) is 0 Å². The van der Waals surface area contributed by atoms with Crippen LogP contribution in [0.25, 0.3) is 0 Å². The first-order valence-corrected chi connectivity index (χ1v) is 7.88. The molecule has 1 aromatic rings. The summed E-state index contributed by atoms with van der Waals surface area (Å²) < 4.78 is 6.03. The molecule has 0 amide bonds. The predicted octanol–water partition coefficient (Wildman–Crippen LogP) is 5.90. The van der Waals surface area contributed by atoms with E-state index in [-0.39, 0.29) is 0 Å². The van der Waals surface area contributed by atoms with Gasteiger partial charge in [0.15, 0.2) is 0 Å². The standard InChI is InChI=1S/C18H29O/c1-3-5-7-11-15-18(14-6-4-2)19-16-17-12-9-8-10-13-17/h8-10,12-13H,3-7,11,14-16H2,1-2H3. The maximum atomic E-state index is 6.03. The average molecular weight is 261 g/mol. The van der Waals surface area contributed by atoms with Gasteiger partial charge in [0.1, 0.15) is 0 Å². The predicted molar refractivity (Wildman–Crippen MR) is 82.8 cm³/mol. The molecule has 0 aliphatic carbocycles. The average Bonchev–Trinajstić information content (AvgIpc) is 2.46. The van der Waals surface area contributed by atoms with E-state index in [9.17, 15) is 0 Å². The van der Waals surface area contributed by atoms with Crippen LogP contribution in [0.5, 0.6) is 0 Å². The molecule has 1 rings (SSSR count). The van der Waals surface area contributed by atoms with E-state index in [1.807, 2.05) is 0 Å². The van der Waals surface area contributed by atoms with Gasteiger partial charge in [-0.1, -0.05) is 82.7 Å². The highest BCUT2D eigenvalue weighted by Gasteiger charge is 2.10. The van der Waals surface area contributed by atoms with Crippen molar-refractivity contribution in [1.82, 2.24) is 0 Å². The van der Waals surface area contributed by atoms with Crippen LogP contribution in [0, 0.1) is 6.10 Å². The monoisotopic (exact) mass is 261 g/mol. The van der Waals surface area contributed by atoms with Crippen molar-refractivity contribution < 1.29 is 4.74 Å². The van der Waals surface area contributed by atoms with Crippen LogP contribution in [0.3, 0.4) is 0 Å².